The van der Waals surface area contributed by atoms with Gasteiger partial charge in [-0.25, -0.2) is 23.7 Å². The maximum Gasteiger partial charge on any atom is 0.481 e. The molecular formula is C20H27N4O15P2-. The molecule has 0 aromatic carbocycles. The number of hydrogen-bond acceptors (Lipinski definition) is 14. The number of aromatic nitrogens is 4. The number of aliphatic hydroxyl groups is 2. The van der Waals surface area contributed by atoms with Crippen LogP contribution in [-0.2, 0) is 32.0 Å². The highest BCUT2D eigenvalue weighted by Crippen LogP contribution is 2.62. The minimum absolute atomic E-state index is 0.137. The fraction of sp³-hybridized carbons (Fsp3) is 0.600. The first-order valence-electron chi connectivity index (χ1n) is 12.0. The number of nitrogens with zero attached hydrogens (tertiary/aromatic N) is 3. The molecule has 2 aliphatic rings. The number of H-pyrrole nitrogens is 1. The summed E-state index contributed by atoms with van der Waals surface area (Å²) in [5, 5.41) is 31.4. The van der Waals surface area contributed by atoms with Crippen LogP contribution in [0.5, 0.6) is 5.88 Å². The Morgan fingerprint density at radius 1 is 1.05 bits per heavy atom. The maximum absolute atomic E-state index is 12.5. The third kappa shape index (κ3) is 7.28. The number of aryl methyl sites for hydroxylation is 2. The zero-order valence-electron chi connectivity index (χ0n) is 21.5. The molecule has 2 aromatic heterocycles. The van der Waals surface area contributed by atoms with Crippen molar-refractivity contribution in [2.24, 2.45) is 0 Å². The third-order valence-electron chi connectivity index (χ3n) is 6.30. The number of ether oxygens (including phenoxy) is 2. The van der Waals surface area contributed by atoms with Crippen LogP contribution in [0.1, 0.15) is 36.4 Å². The van der Waals surface area contributed by atoms with Gasteiger partial charge in [0.2, 0.25) is 0 Å². The molecule has 5 N–H and O–H groups in total. The van der Waals surface area contributed by atoms with E-state index in [1.807, 2.05) is 0 Å². The molecule has 2 aliphatic heterocycles. The first-order chi connectivity index (χ1) is 19.1. The molecule has 0 aliphatic carbocycles. The van der Waals surface area contributed by atoms with Crippen molar-refractivity contribution in [3.05, 3.63) is 54.8 Å². The number of aromatic amines is 1. The summed E-state index contributed by atoms with van der Waals surface area (Å²) in [6.07, 6.45) is -5.60. The van der Waals surface area contributed by atoms with Crippen molar-refractivity contribution in [2.45, 2.75) is 63.6 Å². The van der Waals surface area contributed by atoms with Gasteiger partial charge in [-0.15, -0.1) is 0 Å². The summed E-state index contributed by atoms with van der Waals surface area (Å²) >= 11 is 0. The standard InChI is InChI=1S/C20H28N4O15P2/c1-9-5-23(19(29)21-17(9)27)15-3-11(26)14(37-15)8-35-40(31,32)39-41(33,34)38-12-4-16(36-13(12)7-25)24-6-10(2)18(28)22-20(24)30/h5-6,11-16,25-26H,3-4,7-8H2,1-2H3,(H,31,32)(H,33,34)(H,21,27,29)(H,22,28,30)/p-1/t11-,12-,13+,14+,15+,16+/m0/s1. The van der Waals surface area contributed by atoms with Crippen LogP contribution < -0.4 is 22.0 Å². The van der Waals surface area contributed by atoms with E-state index in [1.165, 1.54) is 26.2 Å². The van der Waals surface area contributed by atoms with Crippen LogP contribution in [0.15, 0.2) is 26.8 Å². The molecule has 0 bridgehead atoms. The second-order valence-electron chi connectivity index (χ2n) is 9.34. The average molecular weight is 625 g/mol. The van der Waals surface area contributed by atoms with Crippen molar-refractivity contribution in [2.75, 3.05) is 13.2 Å². The van der Waals surface area contributed by atoms with E-state index in [4.69, 9.17) is 18.5 Å². The molecule has 4 heterocycles. The lowest BCUT2D eigenvalue weighted by molar-refractivity contribution is -0.276. The minimum Gasteiger partial charge on any atom is -0.858 e. The van der Waals surface area contributed by atoms with Crippen molar-refractivity contribution < 1.29 is 57.1 Å². The maximum atomic E-state index is 12.5. The van der Waals surface area contributed by atoms with Gasteiger partial charge in [0, 0.05) is 30.8 Å². The van der Waals surface area contributed by atoms with Gasteiger partial charge in [-0.1, -0.05) is 0 Å². The van der Waals surface area contributed by atoms with Crippen molar-refractivity contribution in [3.63, 3.8) is 0 Å². The van der Waals surface area contributed by atoms with E-state index in [0.717, 1.165) is 9.13 Å². The number of aliphatic hydroxyl groups excluding tert-OH is 2. The molecule has 21 heteroatoms. The molecule has 2 fully saturated rings. The van der Waals surface area contributed by atoms with Crippen molar-refractivity contribution >= 4 is 15.6 Å². The van der Waals surface area contributed by atoms with Gasteiger partial charge < -0.3 is 34.6 Å². The van der Waals surface area contributed by atoms with E-state index >= 15 is 0 Å². The SMILES string of the molecule is Cc1cn([C@H]2C[C@H](O)[C@@H](COP(=O)(O)OP(=O)(O)O[C@H]3C[C@H](n4cc(C)c(=O)[nH]c4=O)O[C@@H]3CO)O2)c(=O)nc1[O-]. The lowest BCUT2D eigenvalue weighted by atomic mass is 10.2. The minimum atomic E-state index is -5.38. The number of phosphoric acid groups is 2. The Balaban J connectivity index is 1.36. The number of rotatable bonds is 10. The van der Waals surface area contributed by atoms with Crippen LogP contribution >= 0.6 is 15.6 Å². The van der Waals surface area contributed by atoms with E-state index in [9.17, 15) is 48.6 Å². The first-order valence-corrected chi connectivity index (χ1v) is 15.0. The summed E-state index contributed by atoms with van der Waals surface area (Å²) in [4.78, 5) is 61.3. The predicted octanol–water partition coefficient (Wildman–Crippen LogP) is -1.97. The zero-order chi connectivity index (χ0) is 30.3. The smallest absolute Gasteiger partial charge is 0.481 e. The Kier molecular flexibility index (Phi) is 9.18. The van der Waals surface area contributed by atoms with Gasteiger partial charge in [-0.3, -0.25) is 28.0 Å². The normalized spacial score (nSPS) is 29.3. The molecule has 0 spiro atoms. The molecule has 2 unspecified atom stereocenters. The van der Waals surface area contributed by atoms with Crippen LogP contribution in [0.4, 0.5) is 0 Å². The molecule has 41 heavy (non-hydrogen) atoms. The molecule has 0 amide bonds. The fourth-order valence-corrected chi connectivity index (χ4v) is 6.54. The van der Waals surface area contributed by atoms with Gasteiger partial charge in [0.05, 0.1) is 19.3 Å². The second kappa shape index (κ2) is 12.0. The van der Waals surface area contributed by atoms with Crippen LogP contribution in [0.25, 0.3) is 0 Å². The fourth-order valence-electron chi connectivity index (χ4n) is 4.25. The number of hydrogen-bond donors (Lipinski definition) is 5. The number of phosphoric ester groups is 2. The molecule has 4 rings (SSSR count). The summed E-state index contributed by atoms with van der Waals surface area (Å²) in [5.41, 5.74) is -2.12. The Morgan fingerprint density at radius 2 is 1.68 bits per heavy atom. The van der Waals surface area contributed by atoms with Gasteiger partial charge in [-0.2, -0.15) is 4.31 Å². The molecule has 8 atom stereocenters. The summed E-state index contributed by atoms with van der Waals surface area (Å²) in [6, 6.07) is 0. The van der Waals surface area contributed by atoms with Crippen LogP contribution in [0.3, 0.4) is 0 Å². The van der Waals surface area contributed by atoms with Gasteiger partial charge in [-0.05, 0) is 25.3 Å². The number of nitrogens with one attached hydrogen (secondary N) is 1. The van der Waals surface area contributed by atoms with Gasteiger partial charge in [0.1, 0.15) is 30.8 Å². The molecule has 0 radical (unpaired) electrons. The highest BCUT2D eigenvalue weighted by molar-refractivity contribution is 7.61. The van der Waals surface area contributed by atoms with Crippen molar-refractivity contribution in [1.82, 2.24) is 19.1 Å². The molecule has 2 aromatic rings. The van der Waals surface area contributed by atoms with E-state index in [2.05, 4.69) is 14.3 Å². The van der Waals surface area contributed by atoms with Gasteiger partial charge in [0.25, 0.3) is 5.56 Å². The quantitative estimate of drug-likeness (QED) is 0.179. The Labute approximate surface area is 229 Å². The van der Waals surface area contributed by atoms with E-state index in [1.54, 1.807) is 0 Å². The van der Waals surface area contributed by atoms with Crippen molar-refractivity contribution in [1.29, 1.82) is 0 Å². The van der Waals surface area contributed by atoms with E-state index in [-0.39, 0.29) is 24.0 Å². The molecule has 0 saturated carbocycles. The molecular weight excluding hydrogens is 598 g/mol. The van der Waals surface area contributed by atoms with Crippen LogP contribution in [0, 0.1) is 13.8 Å². The van der Waals surface area contributed by atoms with Crippen molar-refractivity contribution in [3.8, 4) is 5.88 Å². The molecule has 2 saturated heterocycles. The average Bonchev–Trinajstić information content (AvgIpc) is 3.43. The zero-order valence-corrected chi connectivity index (χ0v) is 23.3. The summed E-state index contributed by atoms with van der Waals surface area (Å²) in [6.45, 7) is 1.28. The Hall–Kier alpha value is -2.54. The lowest BCUT2D eigenvalue weighted by Gasteiger charge is -2.22. The topological polar surface area (TPSA) is 274 Å². The second-order valence-corrected chi connectivity index (χ2v) is 12.3. The van der Waals surface area contributed by atoms with Crippen LogP contribution in [0.2, 0.25) is 0 Å². The summed E-state index contributed by atoms with van der Waals surface area (Å²) in [5.74, 6) is -0.732. The Morgan fingerprint density at radius 3 is 2.37 bits per heavy atom. The van der Waals surface area contributed by atoms with E-state index in [0.29, 0.717) is 0 Å². The summed E-state index contributed by atoms with van der Waals surface area (Å²) < 4.78 is 51.8. The van der Waals surface area contributed by atoms with Gasteiger partial charge in [0.15, 0.2) is 0 Å². The predicted molar refractivity (Wildman–Crippen MR) is 130 cm³/mol. The third-order valence-corrected chi connectivity index (χ3v) is 8.96. The Bertz CT molecular complexity index is 1560. The van der Waals surface area contributed by atoms with Gasteiger partial charge >= 0.3 is 27.0 Å². The monoisotopic (exact) mass is 625 g/mol. The molecule has 228 valence electrons. The molecule has 19 nitrogen and oxygen atoms in total. The first kappa shape index (κ1) is 31.4. The highest BCUT2D eigenvalue weighted by Gasteiger charge is 2.45. The lowest BCUT2D eigenvalue weighted by Crippen LogP contribution is -2.33. The largest absolute Gasteiger partial charge is 0.858 e. The van der Waals surface area contributed by atoms with Crippen LogP contribution in [-0.4, -0.2) is 76.7 Å². The van der Waals surface area contributed by atoms with E-state index < -0.39 is 88.5 Å². The highest BCUT2D eigenvalue weighted by atomic mass is 31.3. The summed E-state index contributed by atoms with van der Waals surface area (Å²) in [7, 11) is -10.7.